The van der Waals surface area contributed by atoms with Gasteiger partial charge in [0.05, 0.1) is 18.2 Å². The maximum atomic E-state index is 11.1. The van der Waals surface area contributed by atoms with Crippen LogP contribution in [0.3, 0.4) is 0 Å². The van der Waals surface area contributed by atoms with E-state index in [1.54, 1.807) is 0 Å². The minimum Gasteiger partial charge on any atom is -0.494 e. The number of nitrogens with zero attached hydrogens (tertiary/aromatic N) is 3. The highest BCUT2D eigenvalue weighted by Crippen LogP contribution is 2.30. The summed E-state index contributed by atoms with van der Waals surface area (Å²) in [5, 5.41) is 20.6. The average Bonchev–Trinajstić information content (AvgIpc) is 3.05. The predicted molar refractivity (Wildman–Crippen MR) is 190 cm³/mol. The lowest BCUT2D eigenvalue weighted by Crippen LogP contribution is -2.34. The van der Waals surface area contributed by atoms with Gasteiger partial charge in [0.25, 0.3) is 0 Å². The van der Waals surface area contributed by atoms with Crippen LogP contribution >= 0.6 is 23.4 Å². The molecule has 2 unspecified atom stereocenters. The van der Waals surface area contributed by atoms with Gasteiger partial charge in [-0.1, -0.05) is 48.0 Å². The fraction of sp³-hybridized carbons (Fsp3) is 0.444. The van der Waals surface area contributed by atoms with Gasteiger partial charge in [-0.25, -0.2) is 4.98 Å². The largest absolute Gasteiger partial charge is 0.494 e. The SMILES string of the molecule is CCOc1ccc(C(O)CC(CNC[C@H]2CC[C@@H](Nc3nc(N(C)C)c4ccccc4n3)CC2)SCc2ccc(Cl)cc2)cc1. The van der Waals surface area contributed by atoms with E-state index in [1.165, 1.54) is 5.56 Å². The number of thioether (sulfide) groups is 1. The Labute approximate surface area is 277 Å². The van der Waals surface area contributed by atoms with Gasteiger partial charge >= 0.3 is 0 Å². The molecular formula is C36H46ClN5O2S. The Hall–Kier alpha value is -3.04. The average molecular weight is 648 g/mol. The molecule has 1 aromatic heterocycles. The van der Waals surface area contributed by atoms with Gasteiger partial charge in [-0.3, -0.25) is 0 Å². The number of benzene rings is 3. The molecule has 7 nitrogen and oxygen atoms in total. The molecule has 1 saturated carbocycles. The van der Waals surface area contributed by atoms with Gasteiger partial charge in [0.1, 0.15) is 11.6 Å². The number of halogens is 1. The summed E-state index contributed by atoms with van der Waals surface area (Å²) < 4.78 is 5.58. The van der Waals surface area contributed by atoms with Crippen molar-refractivity contribution in [2.45, 2.75) is 62.2 Å². The first kappa shape index (κ1) is 33.3. The van der Waals surface area contributed by atoms with E-state index in [0.717, 1.165) is 77.6 Å². The summed E-state index contributed by atoms with van der Waals surface area (Å²) in [7, 11) is 4.05. The van der Waals surface area contributed by atoms with Crippen LogP contribution in [-0.4, -0.2) is 60.2 Å². The smallest absolute Gasteiger partial charge is 0.225 e. The van der Waals surface area contributed by atoms with Gasteiger partial charge in [0.15, 0.2) is 0 Å². The Morgan fingerprint density at radius 2 is 1.71 bits per heavy atom. The Bertz CT molecular complexity index is 1480. The van der Waals surface area contributed by atoms with Gasteiger partial charge in [-0.05, 0) is 99.0 Å². The van der Waals surface area contributed by atoms with Gasteiger partial charge < -0.3 is 25.4 Å². The van der Waals surface area contributed by atoms with Gasteiger partial charge in [0, 0.05) is 48.1 Å². The number of para-hydroxylation sites is 1. The molecule has 3 N–H and O–H groups in total. The van der Waals surface area contributed by atoms with E-state index in [9.17, 15) is 5.11 Å². The van der Waals surface area contributed by atoms with Crippen molar-refractivity contribution in [3.63, 3.8) is 0 Å². The van der Waals surface area contributed by atoms with E-state index in [1.807, 2.05) is 81.3 Å². The first-order valence-electron chi connectivity index (χ1n) is 16.1. The summed E-state index contributed by atoms with van der Waals surface area (Å²) >= 11 is 7.99. The molecule has 1 heterocycles. The number of anilines is 2. The van der Waals surface area contributed by atoms with E-state index in [0.29, 0.717) is 30.9 Å². The van der Waals surface area contributed by atoms with Crippen LogP contribution in [0.4, 0.5) is 11.8 Å². The molecule has 4 aromatic rings. The predicted octanol–water partition coefficient (Wildman–Crippen LogP) is 7.73. The zero-order chi connectivity index (χ0) is 31.6. The van der Waals surface area contributed by atoms with Crippen molar-refractivity contribution < 1.29 is 9.84 Å². The van der Waals surface area contributed by atoms with Crippen LogP contribution in [0.25, 0.3) is 10.9 Å². The summed E-state index contributed by atoms with van der Waals surface area (Å²) in [6.07, 6.45) is 4.68. The van der Waals surface area contributed by atoms with E-state index in [4.69, 9.17) is 26.3 Å². The molecule has 240 valence electrons. The molecular weight excluding hydrogens is 602 g/mol. The summed E-state index contributed by atoms with van der Waals surface area (Å²) in [6, 6.07) is 24.4. The zero-order valence-electron chi connectivity index (χ0n) is 26.6. The lowest BCUT2D eigenvalue weighted by molar-refractivity contribution is 0.166. The number of aliphatic hydroxyl groups excluding tert-OH is 1. The number of fused-ring (bicyclic) bond motifs is 1. The lowest BCUT2D eigenvalue weighted by Gasteiger charge is -2.30. The van der Waals surface area contributed by atoms with E-state index in [-0.39, 0.29) is 5.25 Å². The lowest BCUT2D eigenvalue weighted by atomic mass is 9.86. The second-order valence-electron chi connectivity index (χ2n) is 12.1. The van der Waals surface area contributed by atoms with Crippen LogP contribution in [0.5, 0.6) is 5.75 Å². The fourth-order valence-corrected chi connectivity index (χ4v) is 7.25. The number of rotatable bonds is 15. The molecule has 45 heavy (non-hydrogen) atoms. The van der Waals surface area contributed by atoms with Crippen molar-refractivity contribution in [3.05, 3.63) is 88.9 Å². The summed E-state index contributed by atoms with van der Waals surface area (Å²) in [5.41, 5.74) is 3.13. The van der Waals surface area contributed by atoms with Gasteiger partial charge in [-0.2, -0.15) is 16.7 Å². The molecule has 5 rings (SSSR count). The molecule has 1 aliphatic rings. The quantitative estimate of drug-likeness (QED) is 0.121. The molecule has 0 spiro atoms. The number of ether oxygens (including phenoxy) is 1. The van der Waals surface area contributed by atoms with Crippen molar-refractivity contribution in [1.82, 2.24) is 15.3 Å². The maximum absolute atomic E-state index is 11.1. The number of hydrogen-bond acceptors (Lipinski definition) is 8. The highest BCUT2D eigenvalue weighted by Gasteiger charge is 2.23. The van der Waals surface area contributed by atoms with Crippen molar-refractivity contribution in [3.8, 4) is 5.75 Å². The van der Waals surface area contributed by atoms with E-state index >= 15 is 0 Å². The number of aliphatic hydroxyl groups is 1. The number of aromatic nitrogens is 2. The third-order valence-electron chi connectivity index (χ3n) is 8.45. The third kappa shape index (κ3) is 9.72. The Morgan fingerprint density at radius 3 is 2.42 bits per heavy atom. The van der Waals surface area contributed by atoms with E-state index < -0.39 is 6.10 Å². The molecule has 1 fully saturated rings. The highest BCUT2D eigenvalue weighted by atomic mass is 35.5. The molecule has 0 amide bonds. The molecule has 1 aliphatic carbocycles. The van der Waals surface area contributed by atoms with Crippen molar-refractivity contribution in [1.29, 1.82) is 0 Å². The minimum absolute atomic E-state index is 0.260. The number of nitrogens with one attached hydrogen (secondary N) is 2. The molecule has 0 bridgehead atoms. The zero-order valence-corrected chi connectivity index (χ0v) is 28.2. The molecule has 2 atom stereocenters. The third-order valence-corrected chi connectivity index (χ3v) is 10.0. The molecule has 0 aliphatic heterocycles. The van der Waals surface area contributed by atoms with Crippen LogP contribution in [0.1, 0.15) is 56.3 Å². The Kier molecular flexibility index (Phi) is 12.2. The monoisotopic (exact) mass is 647 g/mol. The van der Waals surface area contributed by atoms with Gasteiger partial charge in [-0.15, -0.1) is 0 Å². The fourth-order valence-electron chi connectivity index (χ4n) is 5.95. The first-order chi connectivity index (χ1) is 21.9. The second kappa shape index (κ2) is 16.5. The maximum Gasteiger partial charge on any atom is 0.225 e. The highest BCUT2D eigenvalue weighted by molar-refractivity contribution is 7.99. The van der Waals surface area contributed by atoms with Crippen LogP contribution in [0.2, 0.25) is 5.02 Å². The van der Waals surface area contributed by atoms with Gasteiger partial charge in [0.2, 0.25) is 5.95 Å². The number of hydrogen-bond donors (Lipinski definition) is 3. The molecule has 0 radical (unpaired) electrons. The summed E-state index contributed by atoms with van der Waals surface area (Å²) in [6.45, 7) is 4.44. The Balaban J connectivity index is 1.12. The standard InChI is InChI=1S/C36H46ClN5O2S/c1-4-44-30-19-13-27(14-20-30)34(43)21-31(45-24-26-9-15-28(37)16-10-26)23-38-22-25-11-17-29(18-12-25)39-36-40-33-8-6-5-7-32(33)35(41-36)42(2)3/h5-10,13-16,19-20,25,29,31,34,38,43H,4,11-12,17-18,21-24H2,1-3H3,(H,39,40,41)/t25-,29+,31?,34?. The van der Waals surface area contributed by atoms with E-state index in [2.05, 4.69) is 39.8 Å². The Morgan fingerprint density at radius 1 is 0.978 bits per heavy atom. The summed E-state index contributed by atoms with van der Waals surface area (Å²) in [5.74, 6) is 4.00. The van der Waals surface area contributed by atoms with Crippen molar-refractivity contribution in [2.24, 2.45) is 5.92 Å². The van der Waals surface area contributed by atoms with Crippen LogP contribution in [0, 0.1) is 5.92 Å². The van der Waals surface area contributed by atoms with Crippen LogP contribution in [0.15, 0.2) is 72.8 Å². The summed E-state index contributed by atoms with van der Waals surface area (Å²) in [4.78, 5) is 11.7. The molecule has 3 aromatic carbocycles. The van der Waals surface area contributed by atoms with Crippen LogP contribution in [-0.2, 0) is 5.75 Å². The minimum atomic E-state index is -0.531. The molecule has 9 heteroatoms. The van der Waals surface area contributed by atoms with Crippen molar-refractivity contribution >= 4 is 46.0 Å². The topological polar surface area (TPSA) is 82.5 Å². The normalized spacial score (nSPS) is 18.0. The van der Waals surface area contributed by atoms with Crippen LogP contribution < -0.4 is 20.3 Å². The van der Waals surface area contributed by atoms with Crippen molar-refractivity contribution in [2.75, 3.05) is 44.0 Å². The molecule has 0 saturated heterocycles. The second-order valence-corrected chi connectivity index (χ2v) is 13.8. The first-order valence-corrected chi connectivity index (χ1v) is 17.5.